The van der Waals surface area contributed by atoms with E-state index in [1.807, 2.05) is 96.8 Å². The fourth-order valence-electron chi connectivity index (χ4n) is 4.98. The summed E-state index contributed by atoms with van der Waals surface area (Å²) in [5, 5.41) is 15.6. The van der Waals surface area contributed by atoms with Gasteiger partial charge in [0.25, 0.3) is 5.91 Å². The number of aromatic nitrogens is 1. The van der Waals surface area contributed by atoms with Crippen LogP contribution in [0, 0.1) is 6.92 Å². The number of hydrogen-bond donors (Lipinski definition) is 2. The van der Waals surface area contributed by atoms with Crippen molar-refractivity contribution >= 4 is 11.7 Å². The lowest BCUT2D eigenvalue weighted by Crippen LogP contribution is -2.50. The molecule has 0 unspecified atom stereocenters. The Morgan fingerprint density at radius 1 is 1.03 bits per heavy atom. The minimum atomic E-state index is -1.34. The Labute approximate surface area is 205 Å². The molecule has 6 heteroatoms. The van der Waals surface area contributed by atoms with E-state index in [1.165, 1.54) is 0 Å². The number of aryl methyl sites for hydroxylation is 1. The highest BCUT2D eigenvalue weighted by Gasteiger charge is 2.47. The lowest BCUT2D eigenvalue weighted by atomic mass is 9.79. The molecule has 2 N–H and O–H groups in total. The molecule has 1 atom stereocenters. The molecule has 1 aliphatic rings. The van der Waals surface area contributed by atoms with E-state index in [4.69, 9.17) is 4.42 Å². The summed E-state index contributed by atoms with van der Waals surface area (Å²) in [6.07, 6.45) is 3.13. The summed E-state index contributed by atoms with van der Waals surface area (Å²) in [5.41, 5.74) is 1.50. The monoisotopic (exact) mass is 467 g/mol. The van der Waals surface area contributed by atoms with Crippen LogP contribution in [0.1, 0.15) is 45.8 Å². The summed E-state index contributed by atoms with van der Waals surface area (Å²) in [7, 11) is 0. The maximum atomic E-state index is 14.0. The Balaban J connectivity index is 1.51. The number of aliphatic hydroxyl groups is 1. The van der Waals surface area contributed by atoms with Crippen LogP contribution in [0.15, 0.2) is 95.6 Å². The number of pyridine rings is 1. The third-order valence-corrected chi connectivity index (χ3v) is 6.70. The number of nitrogens with one attached hydrogen (secondary N) is 1. The zero-order chi connectivity index (χ0) is 24.3. The highest BCUT2D eigenvalue weighted by molar-refractivity contribution is 5.99. The molecule has 0 spiro atoms. The van der Waals surface area contributed by atoms with Gasteiger partial charge in [0.1, 0.15) is 17.2 Å². The van der Waals surface area contributed by atoms with Gasteiger partial charge in [-0.05, 0) is 55.2 Å². The number of anilines is 1. The maximum Gasteiger partial charge on any atom is 0.257 e. The van der Waals surface area contributed by atoms with Crippen molar-refractivity contribution in [2.45, 2.75) is 38.0 Å². The first-order valence-corrected chi connectivity index (χ1v) is 12.0. The average molecular weight is 468 g/mol. The van der Waals surface area contributed by atoms with Crippen molar-refractivity contribution in [2.24, 2.45) is 0 Å². The third kappa shape index (κ3) is 4.45. The Morgan fingerprint density at radius 3 is 2.34 bits per heavy atom. The van der Waals surface area contributed by atoms with Crippen LogP contribution in [-0.2, 0) is 12.1 Å². The first-order valence-electron chi connectivity index (χ1n) is 12.0. The average Bonchev–Trinajstić information content (AvgIpc) is 3.60. The van der Waals surface area contributed by atoms with Crippen LogP contribution in [0.2, 0.25) is 0 Å². The predicted molar refractivity (Wildman–Crippen MR) is 135 cm³/mol. The number of carbonyl (C=O) groups excluding carboxylic acids is 1. The molecule has 6 nitrogen and oxygen atoms in total. The maximum absolute atomic E-state index is 14.0. The molecule has 0 bridgehead atoms. The first-order chi connectivity index (χ1) is 17.1. The molecule has 178 valence electrons. The summed E-state index contributed by atoms with van der Waals surface area (Å²) in [6, 6.07) is 26.2. The predicted octanol–water partition coefficient (Wildman–Crippen LogP) is 5.14. The molecule has 35 heavy (non-hydrogen) atoms. The van der Waals surface area contributed by atoms with Gasteiger partial charge in [0, 0.05) is 12.2 Å². The second kappa shape index (κ2) is 9.76. The molecule has 1 fully saturated rings. The van der Waals surface area contributed by atoms with E-state index < -0.39 is 11.6 Å². The molecule has 4 aromatic rings. The normalized spacial score (nSPS) is 15.8. The molecule has 0 saturated carbocycles. The largest absolute Gasteiger partial charge is 0.467 e. The van der Waals surface area contributed by atoms with Crippen LogP contribution < -0.4 is 5.32 Å². The first kappa shape index (κ1) is 22.9. The molecule has 5 rings (SSSR count). The van der Waals surface area contributed by atoms with Crippen molar-refractivity contribution in [2.75, 3.05) is 11.9 Å². The van der Waals surface area contributed by atoms with Gasteiger partial charge in [-0.2, -0.15) is 0 Å². The van der Waals surface area contributed by atoms with E-state index in [-0.39, 0.29) is 5.91 Å². The molecule has 1 aliphatic heterocycles. The number of nitrogens with zero attached hydrogens (tertiary/aromatic N) is 2. The van der Waals surface area contributed by atoms with Gasteiger partial charge in [-0.3, -0.25) is 4.79 Å². The molecule has 0 aliphatic carbocycles. The van der Waals surface area contributed by atoms with Crippen LogP contribution in [-0.4, -0.2) is 33.5 Å². The van der Waals surface area contributed by atoms with Crippen LogP contribution in [0.5, 0.6) is 0 Å². The van der Waals surface area contributed by atoms with Crippen LogP contribution in [0.25, 0.3) is 0 Å². The van der Waals surface area contributed by atoms with Crippen molar-refractivity contribution in [3.63, 3.8) is 0 Å². The van der Waals surface area contributed by atoms with E-state index in [2.05, 4.69) is 10.3 Å². The van der Waals surface area contributed by atoms with Crippen LogP contribution >= 0.6 is 0 Å². The molecule has 1 saturated heterocycles. The molecule has 2 aromatic heterocycles. The van der Waals surface area contributed by atoms with Crippen molar-refractivity contribution in [1.82, 2.24) is 9.88 Å². The van der Waals surface area contributed by atoms with Gasteiger partial charge in [-0.15, -0.1) is 0 Å². The SMILES string of the molecule is Cc1ccc(C(=O)N2CCC[C@@H]2C(O)(c2ccccc2)c2ccccc2)c(NCc2ccco2)n1. The van der Waals surface area contributed by atoms with Crippen molar-refractivity contribution in [3.8, 4) is 0 Å². The van der Waals surface area contributed by atoms with Crippen LogP contribution in [0.4, 0.5) is 5.82 Å². The fourth-order valence-corrected chi connectivity index (χ4v) is 4.98. The number of carbonyl (C=O) groups is 1. The second-order valence-electron chi connectivity index (χ2n) is 8.94. The standard InChI is InChI=1S/C29H29N3O3/c1-21-16-17-25(27(31-21)30-20-24-14-9-19-35-24)28(33)32-18-8-15-26(32)29(34,22-10-4-2-5-11-22)23-12-6-3-7-13-23/h2-7,9-14,16-17,19,26,34H,8,15,18,20H2,1H3,(H,30,31)/t26-/m1/s1. The van der Waals surface area contributed by atoms with E-state index >= 15 is 0 Å². The molecule has 3 heterocycles. The summed E-state index contributed by atoms with van der Waals surface area (Å²) >= 11 is 0. The van der Waals surface area contributed by atoms with Crippen molar-refractivity contribution in [1.29, 1.82) is 0 Å². The number of furan rings is 1. The van der Waals surface area contributed by atoms with Gasteiger partial charge in [0.2, 0.25) is 0 Å². The smallest absolute Gasteiger partial charge is 0.257 e. The fraction of sp³-hybridized carbons (Fsp3) is 0.241. The number of rotatable bonds is 7. The molecule has 1 amide bonds. The zero-order valence-corrected chi connectivity index (χ0v) is 19.7. The second-order valence-corrected chi connectivity index (χ2v) is 8.94. The molecule has 0 radical (unpaired) electrons. The highest BCUT2D eigenvalue weighted by Crippen LogP contribution is 2.41. The van der Waals surface area contributed by atoms with E-state index in [0.29, 0.717) is 30.9 Å². The highest BCUT2D eigenvalue weighted by atomic mass is 16.3. The van der Waals surface area contributed by atoms with Gasteiger partial charge in [0.05, 0.1) is 24.4 Å². The summed E-state index contributed by atoms with van der Waals surface area (Å²) in [5.74, 6) is 1.13. The zero-order valence-electron chi connectivity index (χ0n) is 19.7. The number of benzene rings is 2. The van der Waals surface area contributed by atoms with Gasteiger partial charge in [0.15, 0.2) is 0 Å². The van der Waals surface area contributed by atoms with E-state index in [9.17, 15) is 9.90 Å². The minimum Gasteiger partial charge on any atom is -0.467 e. The van der Waals surface area contributed by atoms with Gasteiger partial charge < -0.3 is 19.7 Å². The van der Waals surface area contributed by atoms with Gasteiger partial charge in [-0.25, -0.2) is 4.98 Å². The molecule has 2 aromatic carbocycles. The van der Waals surface area contributed by atoms with E-state index in [1.54, 1.807) is 6.26 Å². The van der Waals surface area contributed by atoms with Crippen molar-refractivity contribution < 1.29 is 14.3 Å². The number of likely N-dealkylation sites (tertiary alicyclic amines) is 1. The lowest BCUT2D eigenvalue weighted by Gasteiger charge is -2.40. The Hall–Kier alpha value is -3.90. The quantitative estimate of drug-likeness (QED) is 0.394. The Morgan fingerprint density at radius 2 is 1.71 bits per heavy atom. The Kier molecular flexibility index (Phi) is 6.38. The van der Waals surface area contributed by atoms with Crippen LogP contribution in [0.3, 0.4) is 0 Å². The summed E-state index contributed by atoms with van der Waals surface area (Å²) < 4.78 is 5.43. The topological polar surface area (TPSA) is 78.6 Å². The minimum absolute atomic E-state index is 0.146. The number of hydrogen-bond acceptors (Lipinski definition) is 5. The molecular formula is C29H29N3O3. The summed E-state index contributed by atoms with van der Waals surface area (Å²) in [4.78, 5) is 20.4. The molecular weight excluding hydrogens is 438 g/mol. The van der Waals surface area contributed by atoms with E-state index in [0.717, 1.165) is 29.0 Å². The van der Waals surface area contributed by atoms with Gasteiger partial charge in [-0.1, -0.05) is 60.7 Å². The Bertz CT molecular complexity index is 1230. The van der Waals surface area contributed by atoms with Gasteiger partial charge >= 0.3 is 0 Å². The van der Waals surface area contributed by atoms with Crippen molar-refractivity contribution in [3.05, 3.63) is 119 Å². The lowest BCUT2D eigenvalue weighted by molar-refractivity contribution is -0.000700. The number of amides is 1. The summed E-state index contributed by atoms with van der Waals surface area (Å²) in [6.45, 7) is 2.89. The third-order valence-electron chi connectivity index (χ3n) is 6.70.